The van der Waals surface area contributed by atoms with E-state index in [2.05, 4.69) is 31.3 Å². The molecule has 0 saturated carbocycles. The van der Waals surface area contributed by atoms with Gasteiger partial charge in [-0.1, -0.05) is 314 Å². The van der Waals surface area contributed by atoms with Crippen molar-refractivity contribution in [3.05, 3.63) is 24.3 Å². The van der Waals surface area contributed by atoms with E-state index in [1.165, 1.54) is 295 Å². The van der Waals surface area contributed by atoms with Gasteiger partial charge in [0.15, 0.2) is 0 Å². The second-order valence-corrected chi connectivity index (χ2v) is 20.8. The first-order valence-electron chi connectivity index (χ1n) is 30.1. The smallest absolute Gasteiger partial charge is 0.220 e. The standard InChI is InChI=1S/C61H119NO3/c1-3-5-7-9-11-13-15-17-19-21-23-25-26-27-28-29-30-31-32-33-34-35-37-38-40-42-44-46-48-50-52-54-56-60(64)59(58-63)62-61(65)57-55-53-51-49-47-45-43-41-39-36-24-22-20-18-16-14-12-10-8-6-4-2/h22,24,54,56,59-60,63-64H,3-21,23,25-53,55,57-58H2,1-2H3,(H,62,65)/b24-22-,56-54+. The molecule has 0 fully saturated rings. The highest BCUT2D eigenvalue weighted by Crippen LogP contribution is 2.18. The Morgan fingerprint density at radius 2 is 0.585 bits per heavy atom. The van der Waals surface area contributed by atoms with Crippen molar-refractivity contribution < 1.29 is 15.0 Å². The summed E-state index contributed by atoms with van der Waals surface area (Å²) < 4.78 is 0. The molecule has 0 aliphatic carbocycles. The second-order valence-electron chi connectivity index (χ2n) is 20.8. The lowest BCUT2D eigenvalue weighted by Crippen LogP contribution is -2.45. The number of allylic oxidation sites excluding steroid dienone is 3. The number of aliphatic hydroxyl groups excluding tert-OH is 2. The number of amides is 1. The number of hydrogen-bond donors (Lipinski definition) is 3. The number of unbranched alkanes of at least 4 members (excludes halogenated alkanes) is 47. The van der Waals surface area contributed by atoms with Crippen molar-refractivity contribution in [3.63, 3.8) is 0 Å². The average Bonchev–Trinajstić information content (AvgIpc) is 3.31. The van der Waals surface area contributed by atoms with Crippen molar-refractivity contribution in [1.82, 2.24) is 5.32 Å². The summed E-state index contributed by atoms with van der Waals surface area (Å²) >= 11 is 0. The highest BCUT2D eigenvalue weighted by atomic mass is 16.3. The van der Waals surface area contributed by atoms with E-state index in [9.17, 15) is 15.0 Å². The zero-order chi connectivity index (χ0) is 47.0. The largest absolute Gasteiger partial charge is 0.394 e. The summed E-state index contributed by atoms with van der Waals surface area (Å²) in [6.07, 6.45) is 76.5. The molecule has 386 valence electrons. The van der Waals surface area contributed by atoms with Gasteiger partial charge in [0.1, 0.15) is 0 Å². The molecule has 0 aliphatic heterocycles. The van der Waals surface area contributed by atoms with E-state index in [0.717, 1.165) is 25.7 Å². The minimum atomic E-state index is -0.840. The summed E-state index contributed by atoms with van der Waals surface area (Å²) in [5, 5.41) is 23.2. The van der Waals surface area contributed by atoms with Crippen LogP contribution in [0.2, 0.25) is 0 Å². The summed E-state index contributed by atoms with van der Waals surface area (Å²) in [5.74, 6) is -0.0607. The van der Waals surface area contributed by atoms with Gasteiger partial charge in [-0.05, 0) is 44.9 Å². The molecule has 0 radical (unpaired) electrons. The van der Waals surface area contributed by atoms with Gasteiger partial charge in [0.2, 0.25) is 5.91 Å². The van der Waals surface area contributed by atoms with Crippen LogP contribution in [-0.4, -0.2) is 34.9 Å². The second kappa shape index (κ2) is 57.2. The molecular formula is C61H119NO3. The van der Waals surface area contributed by atoms with E-state index in [-0.39, 0.29) is 12.5 Å². The van der Waals surface area contributed by atoms with E-state index in [1.807, 2.05) is 6.08 Å². The molecule has 4 heteroatoms. The number of carbonyl (C=O) groups excluding carboxylic acids is 1. The Hall–Kier alpha value is -1.13. The molecule has 0 aromatic heterocycles. The molecular weight excluding hydrogens is 795 g/mol. The topological polar surface area (TPSA) is 69.6 Å². The molecule has 0 bridgehead atoms. The van der Waals surface area contributed by atoms with Crippen LogP contribution in [0.4, 0.5) is 0 Å². The zero-order valence-electron chi connectivity index (χ0n) is 44.5. The molecule has 65 heavy (non-hydrogen) atoms. The van der Waals surface area contributed by atoms with Gasteiger partial charge < -0.3 is 15.5 Å². The Bertz CT molecular complexity index is 947. The Morgan fingerprint density at radius 1 is 0.354 bits per heavy atom. The molecule has 2 atom stereocenters. The SMILES string of the molecule is CCCCCCCCCC/C=C\CCCCCCCCCCCC(=O)NC(CO)C(O)/C=C/CCCCCCCCCCCCCCCCCCCCCCCCCCCCCCCC. The fraction of sp³-hybridized carbons (Fsp3) is 0.918. The van der Waals surface area contributed by atoms with Crippen molar-refractivity contribution in [1.29, 1.82) is 0 Å². The first-order chi connectivity index (χ1) is 32.2. The van der Waals surface area contributed by atoms with Gasteiger partial charge in [-0.15, -0.1) is 0 Å². The summed E-state index contributed by atoms with van der Waals surface area (Å²) in [4.78, 5) is 12.5. The zero-order valence-corrected chi connectivity index (χ0v) is 44.5. The molecule has 1 amide bonds. The predicted molar refractivity (Wildman–Crippen MR) is 290 cm³/mol. The highest BCUT2D eigenvalue weighted by Gasteiger charge is 2.18. The first kappa shape index (κ1) is 63.9. The van der Waals surface area contributed by atoms with E-state index < -0.39 is 12.1 Å². The number of hydrogen-bond acceptors (Lipinski definition) is 3. The van der Waals surface area contributed by atoms with Gasteiger partial charge in [-0.25, -0.2) is 0 Å². The minimum Gasteiger partial charge on any atom is -0.394 e. The maximum absolute atomic E-state index is 12.5. The van der Waals surface area contributed by atoms with E-state index in [4.69, 9.17) is 0 Å². The fourth-order valence-corrected chi connectivity index (χ4v) is 9.59. The van der Waals surface area contributed by atoms with Crippen molar-refractivity contribution in [2.24, 2.45) is 0 Å². The van der Waals surface area contributed by atoms with Crippen LogP contribution in [0.5, 0.6) is 0 Å². The molecule has 0 aromatic rings. The third kappa shape index (κ3) is 53.7. The van der Waals surface area contributed by atoms with Crippen LogP contribution >= 0.6 is 0 Å². The normalized spacial score (nSPS) is 12.9. The molecule has 0 aliphatic rings. The average molecular weight is 915 g/mol. The molecule has 0 spiro atoms. The molecule has 0 heterocycles. The molecule has 4 nitrogen and oxygen atoms in total. The van der Waals surface area contributed by atoms with Gasteiger partial charge in [0.25, 0.3) is 0 Å². The number of nitrogens with one attached hydrogen (secondary N) is 1. The molecule has 0 aromatic carbocycles. The summed E-state index contributed by atoms with van der Waals surface area (Å²) in [5.41, 5.74) is 0. The van der Waals surface area contributed by atoms with Crippen LogP contribution in [0.3, 0.4) is 0 Å². The first-order valence-corrected chi connectivity index (χ1v) is 30.1. The Labute approximate surface area is 409 Å². The van der Waals surface area contributed by atoms with E-state index >= 15 is 0 Å². The lowest BCUT2D eigenvalue weighted by Gasteiger charge is -2.20. The number of carbonyl (C=O) groups is 1. The van der Waals surface area contributed by atoms with Crippen LogP contribution in [-0.2, 0) is 4.79 Å². The number of rotatable bonds is 56. The molecule has 0 saturated heterocycles. The molecule has 3 N–H and O–H groups in total. The van der Waals surface area contributed by atoms with Crippen molar-refractivity contribution in [2.75, 3.05) is 6.61 Å². The summed E-state index contributed by atoms with van der Waals surface area (Å²) in [7, 11) is 0. The van der Waals surface area contributed by atoms with Crippen LogP contribution < -0.4 is 5.32 Å². The van der Waals surface area contributed by atoms with Gasteiger partial charge in [-0.3, -0.25) is 4.79 Å². The summed E-state index contributed by atoms with van der Waals surface area (Å²) in [6, 6.07) is -0.623. The van der Waals surface area contributed by atoms with Crippen molar-refractivity contribution in [2.45, 2.75) is 353 Å². The van der Waals surface area contributed by atoms with Crippen LogP contribution in [0.15, 0.2) is 24.3 Å². The van der Waals surface area contributed by atoms with Gasteiger partial charge in [-0.2, -0.15) is 0 Å². The predicted octanol–water partition coefficient (Wildman–Crippen LogP) is 19.9. The van der Waals surface area contributed by atoms with E-state index in [0.29, 0.717) is 6.42 Å². The van der Waals surface area contributed by atoms with Gasteiger partial charge in [0.05, 0.1) is 18.8 Å². The monoisotopic (exact) mass is 914 g/mol. The van der Waals surface area contributed by atoms with Crippen LogP contribution in [0.1, 0.15) is 341 Å². The minimum absolute atomic E-state index is 0.0607. The summed E-state index contributed by atoms with van der Waals surface area (Å²) in [6.45, 7) is 4.35. The van der Waals surface area contributed by atoms with Gasteiger partial charge in [0, 0.05) is 6.42 Å². The quantitative estimate of drug-likeness (QED) is 0.0421. The number of aliphatic hydroxyl groups is 2. The third-order valence-electron chi connectivity index (χ3n) is 14.2. The fourth-order valence-electron chi connectivity index (χ4n) is 9.59. The van der Waals surface area contributed by atoms with Crippen molar-refractivity contribution >= 4 is 5.91 Å². The van der Waals surface area contributed by atoms with Crippen LogP contribution in [0, 0.1) is 0 Å². The maximum Gasteiger partial charge on any atom is 0.220 e. The van der Waals surface area contributed by atoms with Crippen LogP contribution in [0.25, 0.3) is 0 Å². The lowest BCUT2D eigenvalue weighted by atomic mass is 10.0. The third-order valence-corrected chi connectivity index (χ3v) is 14.2. The Balaban J connectivity index is 3.44. The molecule has 2 unspecified atom stereocenters. The van der Waals surface area contributed by atoms with E-state index in [1.54, 1.807) is 6.08 Å². The molecule has 0 rings (SSSR count). The lowest BCUT2D eigenvalue weighted by molar-refractivity contribution is -0.123. The highest BCUT2D eigenvalue weighted by molar-refractivity contribution is 5.76. The van der Waals surface area contributed by atoms with Gasteiger partial charge >= 0.3 is 0 Å². The van der Waals surface area contributed by atoms with Crippen molar-refractivity contribution in [3.8, 4) is 0 Å². The Morgan fingerprint density at radius 3 is 0.846 bits per heavy atom. The Kier molecular flexibility index (Phi) is 56.2. The maximum atomic E-state index is 12.5.